The summed E-state index contributed by atoms with van der Waals surface area (Å²) in [4.78, 5) is 0. The predicted molar refractivity (Wildman–Crippen MR) is 32.7 cm³/mol. The Hall–Kier alpha value is 0.629. The second-order valence-corrected chi connectivity index (χ2v) is 2.47. The molecule has 0 aliphatic heterocycles. The van der Waals surface area contributed by atoms with E-state index in [-0.39, 0.29) is 0 Å². The van der Waals surface area contributed by atoms with Gasteiger partial charge in [-0.15, -0.1) is 0 Å². The first kappa shape index (κ1) is 7.63. The zero-order chi connectivity index (χ0) is 5.70. The summed E-state index contributed by atoms with van der Waals surface area (Å²) in [6, 6.07) is 0. The summed E-state index contributed by atoms with van der Waals surface area (Å²) in [7, 11) is 0. The minimum atomic E-state index is 0.321. The van der Waals surface area contributed by atoms with Crippen LogP contribution in [0.2, 0.25) is 0 Å². The molecule has 0 rings (SSSR count). The third kappa shape index (κ3) is 3.23. The van der Waals surface area contributed by atoms with E-state index in [4.69, 9.17) is 5.11 Å². The molecular formula is C5H10OSn. The van der Waals surface area contributed by atoms with Crippen LogP contribution in [0.25, 0.3) is 0 Å². The van der Waals surface area contributed by atoms with Crippen molar-refractivity contribution < 1.29 is 5.11 Å². The quantitative estimate of drug-likeness (QED) is 0.641. The van der Waals surface area contributed by atoms with E-state index in [1.54, 1.807) is 0 Å². The van der Waals surface area contributed by atoms with E-state index < -0.39 is 0 Å². The Labute approximate surface area is 57.3 Å². The summed E-state index contributed by atoms with van der Waals surface area (Å²) < 4.78 is 2.12. The molecule has 1 N–H and O–H groups in total. The number of hydrogen-bond acceptors (Lipinski definition) is 1. The Morgan fingerprint density at radius 3 is 2.43 bits per heavy atom. The molecule has 0 saturated heterocycles. The molecular weight excluding hydrogens is 195 g/mol. The van der Waals surface area contributed by atoms with Gasteiger partial charge in [0.05, 0.1) is 0 Å². The second-order valence-electron chi connectivity index (χ2n) is 1.52. The standard InChI is InChI=1S/C5H10O.Sn/c1-3-5(2)4-6;/h2,5-6H,3-4H2,1H3;. The van der Waals surface area contributed by atoms with E-state index in [0.717, 1.165) is 6.42 Å². The van der Waals surface area contributed by atoms with Crippen LogP contribution in [0.3, 0.4) is 0 Å². The van der Waals surface area contributed by atoms with Crippen LogP contribution in [-0.2, 0) is 0 Å². The summed E-state index contributed by atoms with van der Waals surface area (Å²) >= 11 is 1.41. The van der Waals surface area contributed by atoms with Gasteiger partial charge in [-0.3, -0.25) is 0 Å². The first-order valence-corrected chi connectivity index (χ1v) is 4.11. The molecule has 1 unspecified atom stereocenters. The van der Waals surface area contributed by atoms with Gasteiger partial charge >= 0.3 is 57.0 Å². The number of aliphatic hydroxyl groups is 1. The third-order valence-corrected chi connectivity index (χ3v) is 2.34. The molecule has 1 nitrogen and oxygen atoms in total. The van der Waals surface area contributed by atoms with E-state index in [2.05, 4.69) is 10.9 Å². The maximum absolute atomic E-state index is 8.51. The molecule has 0 spiro atoms. The molecule has 0 aliphatic rings. The maximum atomic E-state index is 8.51. The van der Waals surface area contributed by atoms with Gasteiger partial charge < -0.3 is 0 Å². The minimum absolute atomic E-state index is 0.321. The summed E-state index contributed by atoms with van der Waals surface area (Å²) in [5.74, 6) is 0.457. The topological polar surface area (TPSA) is 20.2 Å². The van der Waals surface area contributed by atoms with Gasteiger partial charge in [0.15, 0.2) is 0 Å². The molecule has 0 aromatic heterocycles. The van der Waals surface area contributed by atoms with Crippen LogP contribution in [0.4, 0.5) is 0 Å². The van der Waals surface area contributed by atoms with Gasteiger partial charge in [-0.2, -0.15) is 0 Å². The fraction of sp³-hybridized carbons (Fsp3) is 0.800. The number of rotatable bonds is 3. The fourth-order valence-corrected chi connectivity index (χ4v) is 1.27. The van der Waals surface area contributed by atoms with Gasteiger partial charge in [0.1, 0.15) is 0 Å². The van der Waals surface area contributed by atoms with E-state index in [0.29, 0.717) is 12.5 Å². The van der Waals surface area contributed by atoms with E-state index in [1.165, 1.54) is 22.1 Å². The Morgan fingerprint density at radius 2 is 2.43 bits per heavy atom. The Balaban J connectivity index is 3.16. The first-order chi connectivity index (χ1) is 3.35. The fourth-order valence-electron chi connectivity index (χ4n) is 0.300. The van der Waals surface area contributed by atoms with E-state index in [1.807, 2.05) is 0 Å². The Bertz CT molecular complexity index is 50.0. The summed E-state index contributed by atoms with van der Waals surface area (Å²) in [5.41, 5.74) is 0. The van der Waals surface area contributed by atoms with Crippen LogP contribution in [0.5, 0.6) is 0 Å². The van der Waals surface area contributed by atoms with Gasteiger partial charge in [0.25, 0.3) is 0 Å². The molecule has 7 heavy (non-hydrogen) atoms. The van der Waals surface area contributed by atoms with Crippen molar-refractivity contribution in [3.05, 3.63) is 0 Å². The zero-order valence-corrected chi connectivity index (χ0v) is 7.37. The van der Waals surface area contributed by atoms with Crippen molar-refractivity contribution in [2.45, 2.75) is 13.3 Å². The number of hydrogen-bond donors (Lipinski definition) is 1. The van der Waals surface area contributed by atoms with Crippen LogP contribution < -0.4 is 0 Å². The van der Waals surface area contributed by atoms with Crippen molar-refractivity contribution in [1.82, 2.24) is 0 Å². The molecule has 2 heteroatoms. The summed E-state index contributed by atoms with van der Waals surface area (Å²) in [6.07, 6.45) is 1.07. The molecule has 0 saturated carbocycles. The normalized spacial score (nSPS) is 13.4. The summed E-state index contributed by atoms with van der Waals surface area (Å²) in [5, 5.41) is 8.51. The van der Waals surface area contributed by atoms with Crippen LogP contribution in [0.15, 0.2) is 0 Å². The van der Waals surface area contributed by atoms with Crippen LogP contribution in [-0.4, -0.2) is 37.8 Å². The van der Waals surface area contributed by atoms with E-state index in [9.17, 15) is 0 Å². The molecule has 0 aromatic carbocycles. The van der Waals surface area contributed by atoms with Crippen molar-refractivity contribution in [3.63, 3.8) is 0 Å². The summed E-state index contributed by atoms with van der Waals surface area (Å²) in [6.45, 7) is 2.41. The molecule has 0 aromatic rings. The first-order valence-electron chi connectivity index (χ1n) is 2.46. The number of aliphatic hydroxyl groups excluding tert-OH is 1. The van der Waals surface area contributed by atoms with Crippen LogP contribution in [0, 0.1) is 5.92 Å². The average Bonchev–Trinajstić information content (AvgIpc) is 1.72. The molecule has 0 amide bonds. The van der Waals surface area contributed by atoms with Crippen molar-refractivity contribution in [3.8, 4) is 0 Å². The Morgan fingerprint density at radius 1 is 1.86 bits per heavy atom. The van der Waals surface area contributed by atoms with Gasteiger partial charge in [-0.1, -0.05) is 0 Å². The molecule has 0 fully saturated rings. The van der Waals surface area contributed by atoms with E-state index >= 15 is 0 Å². The van der Waals surface area contributed by atoms with Crippen LogP contribution in [0.1, 0.15) is 13.3 Å². The third-order valence-electron chi connectivity index (χ3n) is 0.995. The van der Waals surface area contributed by atoms with Crippen LogP contribution >= 0.6 is 0 Å². The zero-order valence-electron chi connectivity index (χ0n) is 4.52. The van der Waals surface area contributed by atoms with Crippen molar-refractivity contribution >= 4 is 26.1 Å². The van der Waals surface area contributed by atoms with Gasteiger partial charge in [0, 0.05) is 0 Å². The predicted octanol–water partition coefficient (Wildman–Crippen LogP) is -0.0244. The monoisotopic (exact) mass is 206 g/mol. The van der Waals surface area contributed by atoms with Gasteiger partial charge in [-0.05, 0) is 0 Å². The molecule has 0 bridgehead atoms. The van der Waals surface area contributed by atoms with Crippen molar-refractivity contribution in [1.29, 1.82) is 0 Å². The molecule has 2 radical (unpaired) electrons. The van der Waals surface area contributed by atoms with Gasteiger partial charge in [-0.25, -0.2) is 0 Å². The second kappa shape index (κ2) is 4.78. The SMILES string of the molecule is CCC([CH]=[Sn])CO. The Kier molecular flexibility index (Phi) is 5.21. The molecule has 0 aliphatic carbocycles. The average molecular weight is 205 g/mol. The van der Waals surface area contributed by atoms with Gasteiger partial charge in [0.2, 0.25) is 0 Å². The molecule has 0 heterocycles. The van der Waals surface area contributed by atoms with Crippen molar-refractivity contribution in [2.24, 2.45) is 5.92 Å². The molecule has 40 valence electrons. The molecule has 1 atom stereocenters. The van der Waals surface area contributed by atoms with Crippen molar-refractivity contribution in [2.75, 3.05) is 6.61 Å².